The number of hydrogen-bond donors (Lipinski definition) is 1. The first-order valence-corrected chi connectivity index (χ1v) is 5.06. The number of nitriles is 1. The van der Waals surface area contributed by atoms with Crippen LogP contribution in [0.25, 0.3) is 0 Å². The molecule has 1 heterocycles. The van der Waals surface area contributed by atoms with E-state index in [1.54, 1.807) is 24.3 Å². The highest BCUT2D eigenvalue weighted by molar-refractivity contribution is 4.96. The summed E-state index contributed by atoms with van der Waals surface area (Å²) in [6.07, 6.45) is 0.990. The van der Waals surface area contributed by atoms with Crippen LogP contribution in [-0.2, 0) is 11.3 Å². The Balaban J connectivity index is 2.11. The second-order valence-electron chi connectivity index (χ2n) is 3.60. The summed E-state index contributed by atoms with van der Waals surface area (Å²) in [7, 11) is 1.78. The van der Waals surface area contributed by atoms with Crippen molar-refractivity contribution < 1.29 is 14.3 Å². The van der Waals surface area contributed by atoms with Gasteiger partial charge in [0.05, 0.1) is 31.6 Å². The molecule has 0 spiro atoms. The van der Waals surface area contributed by atoms with E-state index in [0.29, 0.717) is 19.7 Å². The van der Waals surface area contributed by atoms with E-state index >= 15 is 0 Å². The maximum Gasteiger partial charge on any atom is 0.129 e. The minimum atomic E-state index is -0.590. The molecule has 0 aromatic carbocycles. The lowest BCUT2D eigenvalue weighted by atomic mass is 10.3. The molecule has 0 fully saturated rings. The molecule has 1 N–H and O–H groups in total. The minimum absolute atomic E-state index is 0.233. The maximum absolute atomic E-state index is 9.57. The Hall–Kier alpha value is -1.35. The zero-order valence-electron chi connectivity index (χ0n) is 9.30. The third-order valence-electron chi connectivity index (χ3n) is 2.00. The summed E-state index contributed by atoms with van der Waals surface area (Å²) in [6, 6.07) is 5.61. The van der Waals surface area contributed by atoms with E-state index in [4.69, 9.17) is 14.4 Å². The summed E-state index contributed by atoms with van der Waals surface area (Å²) < 4.78 is 10.3. The van der Waals surface area contributed by atoms with Crippen molar-refractivity contribution in [3.8, 4) is 6.07 Å². The van der Waals surface area contributed by atoms with E-state index in [2.05, 4.69) is 0 Å². The normalized spacial score (nSPS) is 12.6. The highest BCUT2D eigenvalue weighted by Crippen LogP contribution is 2.02. The molecule has 0 aliphatic carbocycles. The molecule has 1 unspecified atom stereocenters. The number of aliphatic hydroxyl groups excluding tert-OH is 1. The van der Waals surface area contributed by atoms with Gasteiger partial charge in [-0.3, -0.25) is 4.90 Å². The van der Waals surface area contributed by atoms with Crippen LogP contribution in [0.1, 0.15) is 5.76 Å². The molecule has 0 radical (unpaired) electrons. The van der Waals surface area contributed by atoms with E-state index in [1.165, 1.54) is 0 Å². The fourth-order valence-corrected chi connectivity index (χ4v) is 1.29. The lowest BCUT2D eigenvalue weighted by molar-refractivity contribution is 0.0101. The lowest BCUT2D eigenvalue weighted by Gasteiger charge is -2.17. The van der Waals surface area contributed by atoms with Crippen molar-refractivity contribution in [3.05, 3.63) is 24.2 Å². The van der Waals surface area contributed by atoms with E-state index in [0.717, 1.165) is 5.76 Å². The van der Waals surface area contributed by atoms with Gasteiger partial charge in [0.15, 0.2) is 0 Å². The molecule has 0 saturated heterocycles. The van der Waals surface area contributed by atoms with Crippen molar-refractivity contribution in [3.63, 3.8) is 0 Å². The van der Waals surface area contributed by atoms with Crippen molar-refractivity contribution in [1.82, 2.24) is 4.90 Å². The Morgan fingerprint density at radius 1 is 1.69 bits per heavy atom. The molecule has 0 bridgehead atoms. The Bertz CT molecular complexity index is 318. The molecule has 5 nitrogen and oxygen atoms in total. The molecule has 0 amide bonds. The molecule has 0 aliphatic heterocycles. The number of likely N-dealkylation sites (N-methyl/N-ethyl adjacent to an activating group) is 1. The summed E-state index contributed by atoms with van der Waals surface area (Å²) in [5, 5.41) is 18.0. The smallest absolute Gasteiger partial charge is 0.129 e. The third-order valence-corrected chi connectivity index (χ3v) is 2.00. The second-order valence-corrected chi connectivity index (χ2v) is 3.60. The molecule has 1 rings (SSSR count). The monoisotopic (exact) mass is 224 g/mol. The minimum Gasteiger partial charge on any atom is -0.467 e. The van der Waals surface area contributed by atoms with Crippen LogP contribution in [0.15, 0.2) is 22.8 Å². The zero-order chi connectivity index (χ0) is 11.8. The predicted octanol–water partition coefficient (Wildman–Crippen LogP) is 0.612. The number of furan rings is 1. The summed E-state index contributed by atoms with van der Waals surface area (Å²) in [5.74, 6) is 0.734. The molecule has 1 atom stereocenters. The third kappa shape index (κ3) is 4.94. The number of nitrogens with zero attached hydrogens (tertiary/aromatic N) is 2. The molecule has 1 aromatic heterocycles. The maximum atomic E-state index is 9.57. The first-order chi connectivity index (χ1) is 7.72. The first-order valence-electron chi connectivity index (χ1n) is 5.06. The SMILES string of the molecule is CN(CC#N)CC(O)COCc1ccco1. The van der Waals surface area contributed by atoms with Gasteiger partial charge in [-0.25, -0.2) is 0 Å². The quantitative estimate of drug-likeness (QED) is 0.687. The Kier molecular flexibility index (Phi) is 5.57. The van der Waals surface area contributed by atoms with Gasteiger partial charge in [0, 0.05) is 6.54 Å². The second kappa shape index (κ2) is 7.01. The molecule has 16 heavy (non-hydrogen) atoms. The van der Waals surface area contributed by atoms with E-state index in [-0.39, 0.29) is 6.61 Å². The van der Waals surface area contributed by atoms with Crippen LogP contribution in [-0.4, -0.2) is 42.9 Å². The topological polar surface area (TPSA) is 69.6 Å². The van der Waals surface area contributed by atoms with Crippen LogP contribution in [0.2, 0.25) is 0 Å². The summed E-state index contributed by atoms with van der Waals surface area (Å²) in [6.45, 7) is 1.31. The molecule has 5 heteroatoms. The van der Waals surface area contributed by atoms with E-state index < -0.39 is 6.10 Å². The fourth-order valence-electron chi connectivity index (χ4n) is 1.29. The first kappa shape index (κ1) is 12.7. The molecule has 0 saturated carbocycles. The molecule has 1 aromatic rings. The Morgan fingerprint density at radius 3 is 3.12 bits per heavy atom. The van der Waals surface area contributed by atoms with Gasteiger partial charge < -0.3 is 14.3 Å². The van der Waals surface area contributed by atoms with Crippen LogP contribution < -0.4 is 0 Å². The van der Waals surface area contributed by atoms with Crippen LogP contribution in [0, 0.1) is 11.3 Å². The highest BCUT2D eigenvalue weighted by Gasteiger charge is 2.08. The summed E-state index contributed by atoms with van der Waals surface area (Å²) in [5.41, 5.74) is 0. The van der Waals surface area contributed by atoms with Crippen molar-refractivity contribution in [2.75, 3.05) is 26.7 Å². The van der Waals surface area contributed by atoms with Gasteiger partial charge >= 0.3 is 0 Å². The van der Waals surface area contributed by atoms with Crippen molar-refractivity contribution in [2.45, 2.75) is 12.7 Å². The zero-order valence-corrected chi connectivity index (χ0v) is 9.30. The molecular formula is C11H16N2O3. The van der Waals surface area contributed by atoms with Crippen molar-refractivity contribution >= 4 is 0 Å². The van der Waals surface area contributed by atoms with Gasteiger partial charge in [-0.15, -0.1) is 0 Å². The Morgan fingerprint density at radius 2 is 2.50 bits per heavy atom. The van der Waals surface area contributed by atoms with Crippen molar-refractivity contribution in [1.29, 1.82) is 5.26 Å². The van der Waals surface area contributed by atoms with Gasteiger partial charge in [-0.1, -0.05) is 0 Å². The largest absolute Gasteiger partial charge is 0.467 e. The van der Waals surface area contributed by atoms with E-state index in [1.807, 2.05) is 12.1 Å². The standard InChI is InChI=1S/C11H16N2O3/c1-13(5-4-12)7-10(14)8-15-9-11-3-2-6-16-11/h2-3,6,10,14H,5,7-9H2,1H3. The van der Waals surface area contributed by atoms with Crippen LogP contribution in [0.5, 0.6) is 0 Å². The highest BCUT2D eigenvalue weighted by atomic mass is 16.5. The van der Waals surface area contributed by atoms with Gasteiger partial charge in [0.1, 0.15) is 12.4 Å². The van der Waals surface area contributed by atoms with Crippen molar-refractivity contribution in [2.24, 2.45) is 0 Å². The van der Waals surface area contributed by atoms with Gasteiger partial charge in [0.2, 0.25) is 0 Å². The molecule has 88 valence electrons. The number of rotatable bonds is 7. The van der Waals surface area contributed by atoms with E-state index in [9.17, 15) is 5.11 Å². The summed E-state index contributed by atoms with van der Waals surface area (Å²) >= 11 is 0. The predicted molar refractivity (Wildman–Crippen MR) is 57.5 cm³/mol. The van der Waals surface area contributed by atoms with Crippen LogP contribution in [0.4, 0.5) is 0 Å². The van der Waals surface area contributed by atoms with Gasteiger partial charge in [0.25, 0.3) is 0 Å². The van der Waals surface area contributed by atoms with Crippen LogP contribution >= 0.6 is 0 Å². The average Bonchev–Trinajstić information content (AvgIpc) is 2.70. The van der Waals surface area contributed by atoms with Gasteiger partial charge in [-0.05, 0) is 19.2 Å². The van der Waals surface area contributed by atoms with Gasteiger partial charge in [-0.2, -0.15) is 5.26 Å². The Labute approximate surface area is 94.8 Å². The molecule has 0 aliphatic rings. The average molecular weight is 224 g/mol. The molecular weight excluding hydrogens is 208 g/mol. The number of aliphatic hydroxyl groups is 1. The van der Waals surface area contributed by atoms with Crippen LogP contribution in [0.3, 0.4) is 0 Å². The fraction of sp³-hybridized carbons (Fsp3) is 0.545. The number of hydrogen-bond acceptors (Lipinski definition) is 5. The number of ether oxygens (including phenoxy) is 1. The lowest BCUT2D eigenvalue weighted by Crippen LogP contribution is -2.32. The summed E-state index contributed by atoms with van der Waals surface area (Å²) in [4.78, 5) is 1.74.